The van der Waals surface area contributed by atoms with Crippen LogP contribution in [0.3, 0.4) is 0 Å². The standard InChI is InChI=1S/C16H20FNO3/c1-18(13-6-4-5-12(17)9-13)14(19)10-16(11-15(20)21)7-2-3-8-16/h4-6,9H,2-3,7-8,10-11H2,1H3,(H,20,21). The molecule has 21 heavy (non-hydrogen) atoms. The Balaban J connectivity index is 2.10. The van der Waals surface area contributed by atoms with Crippen molar-refractivity contribution in [2.24, 2.45) is 5.41 Å². The monoisotopic (exact) mass is 293 g/mol. The molecule has 0 aliphatic heterocycles. The number of rotatable bonds is 5. The summed E-state index contributed by atoms with van der Waals surface area (Å²) in [6, 6.07) is 5.84. The van der Waals surface area contributed by atoms with Crippen molar-refractivity contribution in [1.82, 2.24) is 0 Å². The molecule has 1 aromatic rings. The van der Waals surface area contributed by atoms with E-state index in [4.69, 9.17) is 5.11 Å². The summed E-state index contributed by atoms with van der Waals surface area (Å²) in [4.78, 5) is 24.9. The van der Waals surface area contributed by atoms with Gasteiger partial charge in [0.15, 0.2) is 0 Å². The van der Waals surface area contributed by atoms with E-state index in [0.717, 1.165) is 25.7 Å². The highest BCUT2D eigenvalue weighted by atomic mass is 19.1. The number of carboxylic acids is 1. The number of halogens is 1. The van der Waals surface area contributed by atoms with Gasteiger partial charge in [-0.15, -0.1) is 0 Å². The van der Waals surface area contributed by atoms with Crippen LogP contribution in [0.25, 0.3) is 0 Å². The Morgan fingerprint density at radius 1 is 1.29 bits per heavy atom. The predicted octanol–water partition coefficient (Wildman–Crippen LogP) is 3.21. The molecule has 1 fully saturated rings. The first kappa shape index (κ1) is 15.5. The maximum absolute atomic E-state index is 13.2. The van der Waals surface area contributed by atoms with Crippen LogP contribution in [0, 0.1) is 11.2 Å². The second-order valence-electron chi connectivity index (χ2n) is 5.89. The Morgan fingerprint density at radius 2 is 1.95 bits per heavy atom. The zero-order valence-electron chi connectivity index (χ0n) is 12.1. The normalized spacial score (nSPS) is 16.7. The number of aliphatic carboxylic acids is 1. The fourth-order valence-corrected chi connectivity index (χ4v) is 3.13. The molecule has 0 radical (unpaired) electrons. The van der Waals surface area contributed by atoms with Crippen molar-refractivity contribution in [2.75, 3.05) is 11.9 Å². The lowest BCUT2D eigenvalue weighted by Crippen LogP contribution is -2.33. The number of anilines is 1. The van der Waals surface area contributed by atoms with Gasteiger partial charge >= 0.3 is 5.97 Å². The lowest BCUT2D eigenvalue weighted by atomic mass is 9.79. The van der Waals surface area contributed by atoms with Crippen molar-refractivity contribution in [3.8, 4) is 0 Å². The summed E-state index contributed by atoms with van der Waals surface area (Å²) in [5, 5.41) is 9.07. The number of carbonyl (C=O) groups is 2. The average Bonchev–Trinajstić information content (AvgIpc) is 2.85. The summed E-state index contributed by atoms with van der Waals surface area (Å²) in [7, 11) is 1.60. The van der Waals surface area contributed by atoms with Gasteiger partial charge in [0.2, 0.25) is 5.91 Å². The molecule has 0 spiro atoms. The van der Waals surface area contributed by atoms with Crippen LogP contribution >= 0.6 is 0 Å². The van der Waals surface area contributed by atoms with Gasteiger partial charge in [0.25, 0.3) is 0 Å². The fourth-order valence-electron chi connectivity index (χ4n) is 3.13. The number of hydrogen-bond acceptors (Lipinski definition) is 2. The lowest BCUT2D eigenvalue weighted by molar-refractivity contribution is -0.140. The molecule has 1 aliphatic carbocycles. The van der Waals surface area contributed by atoms with E-state index >= 15 is 0 Å². The smallest absolute Gasteiger partial charge is 0.303 e. The summed E-state index contributed by atoms with van der Waals surface area (Å²) in [5.41, 5.74) is 0.0493. The van der Waals surface area contributed by atoms with Crippen molar-refractivity contribution >= 4 is 17.6 Å². The second kappa shape index (κ2) is 6.24. The molecule has 0 unspecified atom stereocenters. The molecule has 1 aliphatic rings. The van der Waals surface area contributed by atoms with E-state index < -0.39 is 17.2 Å². The molecular formula is C16H20FNO3. The molecule has 1 N–H and O–H groups in total. The van der Waals surface area contributed by atoms with Crippen molar-refractivity contribution in [3.05, 3.63) is 30.1 Å². The van der Waals surface area contributed by atoms with Gasteiger partial charge in [-0.05, 0) is 36.5 Å². The Morgan fingerprint density at radius 3 is 2.52 bits per heavy atom. The lowest BCUT2D eigenvalue weighted by Gasteiger charge is -2.29. The average molecular weight is 293 g/mol. The molecule has 1 aromatic carbocycles. The van der Waals surface area contributed by atoms with Crippen LogP contribution in [-0.2, 0) is 9.59 Å². The molecule has 0 heterocycles. The van der Waals surface area contributed by atoms with Crippen LogP contribution in [0.1, 0.15) is 38.5 Å². The van der Waals surface area contributed by atoms with Crippen LogP contribution in [0.2, 0.25) is 0 Å². The first-order chi connectivity index (χ1) is 9.92. The Hall–Kier alpha value is -1.91. The number of hydrogen-bond donors (Lipinski definition) is 1. The first-order valence-corrected chi connectivity index (χ1v) is 7.16. The van der Waals surface area contributed by atoms with Gasteiger partial charge < -0.3 is 10.0 Å². The fraction of sp³-hybridized carbons (Fsp3) is 0.500. The third kappa shape index (κ3) is 3.80. The van der Waals surface area contributed by atoms with E-state index in [1.165, 1.54) is 17.0 Å². The highest BCUT2D eigenvalue weighted by Crippen LogP contribution is 2.44. The van der Waals surface area contributed by atoms with Gasteiger partial charge in [-0.25, -0.2) is 4.39 Å². The molecule has 1 saturated carbocycles. The molecule has 1 amide bonds. The number of carboxylic acid groups (broad SMARTS) is 1. The van der Waals surface area contributed by atoms with Gasteiger partial charge in [-0.2, -0.15) is 0 Å². The minimum absolute atomic E-state index is 0.0235. The number of benzene rings is 1. The van der Waals surface area contributed by atoms with Gasteiger partial charge in [-0.1, -0.05) is 18.9 Å². The number of nitrogens with zero attached hydrogens (tertiary/aromatic N) is 1. The molecule has 0 bridgehead atoms. The van der Waals surface area contributed by atoms with Crippen LogP contribution in [0.5, 0.6) is 0 Å². The molecule has 2 rings (SSSR count). The molecule has 0 atom stereocenters. The topological polar surface area (TPSA) is 57.6 Å². The highest BCUT2D eigenvalue weighted by molar-refractivity contribution is 5.93. The predicted molar refractivity (Wildman–Crippen MR) is 77.6 cm³/mol. The maximum atomic E-state index is 13.2. The van der Waals surface area contributed by atoms with Crippen molar-refractivity contribution in [3.63, 3.8) is 0 Å². The maximum Gasteiger partial charge on any atom is 0.303 e. The van der Waals surface area contributed by atoms with Gasteiger partial charge in [-0.3, -0.25) is 9.59 Å². The molecule has 0 saturated heterocycles. The van der Waals surface area contributed by atoms with Crippen LogP contribution in [0.15, 0.2) is 24.3 Å². The number of carbonyl (C=O) groups excluding carboxylic acids is 1. The van der Waals surface area contributed by atoms with E-state index in [2.05, 4.69) is 0 Å². The third-order valence-electron chi connectivity index (χ3n) is 4.29. The molecule has 114 valence electrons. The van der Waals surface area contributed by atoms with Crippen molar-refractivity contribution in [2.45, 2.75) is 38.5 Å². The minimum Gasteiger partial charge on any atom is -0.481 e. The SMILES string of the molecule is CN(C(=O)CC1(CC(=O)O)CCCC1)c1cccc(F)c1. The van der Waals surface area contributed by atoms with Gasteiger partial charge in [0, 0.05) is 19.2 Å². The number of amides is 1. The zero-order valence-corrected chi connectivity index (χ0v) is 12.1. The minimum atomic E-state index is -0.863. The van der Waals surface area contributed by atoms with E-state index in [9.17, 15) is 14.0 Å². The van der Waals surface area contributed by atoms with Crippen LogP contribution < -0.4 is 4.90 Å². The van der Waals surface area contributed by atoms with Crippen LogP contribution in [0.4, 0.5) is 10.1 Å². The van der Waals surface area contributed by atoms with E-state index in [1.807, 2.05) is 0 Å². The van der Waals surface area contributed by atoms with Crippen molar-refractivity contribution < 1.29 is 19.1 Å². The van der Waals surface area contributed by atoms with Gasteiger partial charge in [0.05, 0.1) is 6.42 Å². The molecule has 4 nitrogen and oxygen atoms in total. The molecule has 0 aromatic heterocycles. The quantitative estimate of drug-likeness (QED) is 0.907. The van der Waals surface area contributed by atoms with Gasteiger partial charge in [0.1, 0.15) is 5.82 Å². The molecular weight excluding hydrogens is 273 g/mol. The highest BCUT2D eigenvalue weighted by Gasteiger charge is 2.38. The summed E-state index contributed by atoms with van der Waals surface area (Å²) >= 11 is 0. The second-order valence-corrected chi connectivity index (χ2v) is 5.89. The van der Waals surface area contributed by atoms with Crippen LogP contribution in [-0.4, -0.2) is 24.0 Å². The summed E-state index contributed by atoms with van der Waals surface area (Å²) in [6.45, 7) is 0. The van der Waals surface area contributed by atoms with Crippen molar-refractivity contribution in [1.29, 1.82) is 0 Å². The summed E-state index contributed by atoms with van der Waals surface area (Å²) < 4.78 is 13.2. The third-order valence-corrected chi connectivity index (χ3v) is 4.29. The Kier molecular flexibility index (Phi) is 4.60. The first-order valence-electron chi connectivity index (χ1n) is 7.16. The Bertz CT molecular complexity index is 538. The van der Waals surface area contributed by atoms with E-state index in [1.54, 1.807) is 19.2 Å². The summed E-state index contributed by atoms with van der Waals surface area (Å²) in [5.74, 6) is -1.42. The van der Waals surface area contributed by atoms with E-state index in [0.29, 0.717) is 5.69 Å². The van der Waals surface area contributed by atoms with E-state index in [-0.39, 0.29) is 18.7 Å². The molecule has 5 heteroatoms. The largest absolute Gasteiger partial charge is 0.481 e. The zero-order chi connectivity index (χ0) is 15.5. The Labute approximate surface area is 123 Å². The summed E-state index contributed by atoms with van der Waals surface area (Å²) in [6.07, 6.45) is 3.68.